The van der Waals surface area contributed by atoms with Gasteiger partial charge in [0.2, 0.25) is 0 Å². The standard InChI is InChI=1S/C28H29N5O3/c1-17-14-23(19(3)30-24-7-5-4-6-22(24)28(35)36)26-31-25(18(2)27(34)33(26)15-17)32-13-10-21(16-32)20-8-11-29-12-9-20/h4-9,11-12,14-15,19,21,30H,10,13,16H2,1-3H3,(H,35,36). The number of rotatable bonds is 6. The number of carboxylic acid groups (broad SMARTS) is 1. The summed E-state index contributed by atoms with van der Waals surface area (Å²) in [5.74, 6) is 0.0717. The van der Waals surface area contributed by atoms with Crippen molar-refractivity contribution in [2.75, 3.05) is 23.3 Å². The molecule has 0 bridgehead atoms. The van der Waals surface area contributed by atoms with E-state index in [4.69, 9.17) is 4.98 Å². The van der Waals surface area contributed by atoms with Crippen LogP contribution in [0.25, 0.3) is 5.65 Å². The molecule has 2 atom stereocenters. The highest BCUT2D eigenvalue weighted by Gasteiger charge is 2.28. The molecule has 1 aliphatic heterocycles. The second-order valence-electron chi connectivity index (χ2n) is 9.46. The minimum atomic E-state index is -0.996. The van der Waals surface area contributed by atoms with Crippen molar-refractivity contribution in [3.8, 4) is 0 Å². The summed E-state index contributed by atoms with van der Waals surface area (Å²) >= 11 is 0. The number of anilines is 2. The number of nitrogens with zero attached hydrogens (tertiary/aromatic N) is 4. The largest absolute Gasteiger partial charge is 0.478 e. The highest BCUT2D eigenvalue weighted by Crippen LogP contribution is 2.32. The number of hydrogen-bond acceptors (Lipinski definition) is 6. The van der Waals surface area contributed by atoms with Crippen LogP contribution in [0.4, 0.5) is 11.5 Å². The van der Waals surface area contributed by atoms with Gasteiger partial charge < -0.3 is 15.3 Å². The summed E-state index contributed by atoms with van der Waals surface area (Å²) in [6.45, 7) is 7.33. The topological polar surface area (TPSA) is 99.8 Å². The van der Waals surface area contributed by atoms with Gasteiger partial charge in [-0.3, -0.25) is 14.2 Å². The van der Waals surface area contributed by atoms with E-state index in [0.29, 0.717) is 28.6 Å². The first-order valence-corrected chi connectivity index (χ1v) is 12.1. The molecule has 0 radical (unpaired) electrons. The van der Waals surface area contributed by atoms with E-state index in [0.717, 1.165) is 30.6 Å². The highest BCUT2D eigenvalue weighted by molar-refractivity contribution is 5.94. The number of aromatic nitrogens is 3. The van der Waals surface area contributed by atoms with Crippen LogP contribution in [0.15, 0.2) is 65.8 Å². The zero-order valence-corrected chi connectivity index (χ0v) is 20.6. The Labute approximate surface area is 209 Å². The molecular weight excluding hydrogens is 454 g/mol. The molecular formula is C28H29N5O3. The normalized spacial score (nSPS) is 16.3. The van der Waals surface area contributed by atoms with Gasteiger partial charge in [-0.25, -0.2) is 9.78 Å². The number of benzene rings is 1. The minimum Gasteiger partial charge on any atom is -0.478 e. The summed E-state index contributed by atoms with van der Waals surface area (Å²) in [6.07, 6.45) is 6.42. The van der Waals surface area contributed by atoms with Crippen LogP contribution in [0, 0.1) is 13.8 Å². The smallest absolute Gasteiger partial charge is 0.337 e. The van der Waals surface area contributed by atoms with Crippen LogP contribution in [-0.2, 0) is 0 Å². The SMILES string of the molecule is Cc1cc(C(C)Nc2ccccc2C(=O)O)c2nc(N3CCC(c4ccncc4)C3)c(C)c(=O)n2c1. The van der Waals surface area contributed by atoms with Gasteiger partial charge in [-0.1, -0.05) is 12.1 Å². The highest BCUT2D eigenvalue weighted by atomic mass is 16.4. The zero-order valence-electron chi connectivity index (χ0n) is 20.6. The molecule has 8 nitrogen and oxygen atoms in total. The maximum Gasteiger partial charge on any atom is 0.337 e. The van der Waals surface area contributed by atoms with E-state index in [1.165, 1.54) is 5.56 Å². The number of pyridine rings is 2. The molecule has 5 rings (SSSR count). The van der Waals surface area contributed by atoms with Crippen LogP contribution >= 0.6 is 0 Å². The van der Waals surface area contributed by atoms with Crippen LogP contribution in [0.3, 0.4) is 0 Å². The van der Waals surface area contributed by atoms with Crippen molar-refractivity contribution < 1.29 is 9.90 Å². The number of nitrogens with one attached hydrogen (secondary N) is 1. The van der Waals surface area contributed by atoms with Crippen LogP contribution < -0.4 is 15.8 Å². The Hall–Kier alpha value is -4.20. The van der Waals surface area contributed by atoms with Crippen molar-refractivity contribution in [2.24, 2.45) is 0 Å². The molecule has 0 amide bonds. The number of aryl methyl sites for hydroxylation is 1. The van der Waals surface area contributed by atoms with Gasteiger partial charge >= 0.3 is 5.97 Å². The van der Waals surface area contributed by atoms with Gasteiger partial charge in [-0.15, -0.1) is 0 Å². The number of hydrogen-bond donors (Lipinski definition) is 2. The van der Waals surface area contributed by atoms with E-state index in [1.807, 2.05) is 57.6 Å². The summed E-state index contributed by atoms with van der Waals surface area (Å²) in [6, 6.07) is 12.6. The molecule has 2 N–H and O–H groups in total. The van der Waals surface area contributed by atoms with Crippen molar-refractivity contribution in [3.05, 3.63) is 99.2 Å². The molecule has 1 fully saturated rings. The van der Waals surface area contributed by atoms with Gasteiger partial charge in [0.15, 0.2) is 0 Å². The molecule has 0 saturated carbocycles. The first-order valence-electron chi connectivity index (χ1n) is 12.1. The molecule has 184 valence electrons. The molecule has 1 aromatic carbocycles. The first-order chi connectivity index (χ1) is 17.3. The Morgan fingerprint density at radius 3 is 2.67 bits per heavy atom. The molecule has 4 heterocycles. The minimum absolute atomic E-state index is 0.0922. The predicted molar refractivity (Wildman–Crippen MR) is 140 cm³/mol. The number of aromatic carboxylic acids is 1. The molecule has 3 aromatic heterocycles. The Kier molecular flexibility index (Phi) is 6.18. The lowest BCUT2D eigenvalue weighted by Gasteiger charge is -2.23. The first kappa shape index (κ1) is 23.5. The molecule has 2 unspecified atom stereocenters. The van der Waals surface area contributed by atoms with E-state index in [9.17, 15) is 14.7 Å². The lowest BCUT2D eigenvalue weighted by atomic mass is 10.00. The summed E-state index contributed by atoms with van der Waals surface area (Å²) < 4.78 is 1.61. The third kappa shape index (κ3) is 4.30. The van der Waals surface area contributed by atoms with Crippen molar-refractivity contribution in [1.29, 1.82) is 0 Å². The Bertz CT molecular complexity index is 1500. The number of para-hydroxylation sites is 1. The monoisotopic (exact) mass is 483 g/mol. The molecule has 1 aliphatic rings. The average molecular weight is 484 g/mol. The van der Waals surface area contributed by atoms with Crippen LogP contribution in [-0.4, -0.2) is 38.5 Å². The number of carboxylic acids is 1. The Morgan fingerprint density at radius 2 is 1.92 bits per heavy atom. The Balaban J connectivity index is 1.55. The van der Waals surface area contributed by atoms with Gasteiger partial charge in [0.1, 0.15) is 11.5 Å². The quantitative estimate of drug-likeness (QED) is 0.414. The molecule has 4 aromatic rings. The zero-order chi connectivity index (χ0) is 25.4. The lowest BCUT2D eigenvalue weighted by Crippen LogP contribution is -2.28. The van der Waals surface area contributed by atoms with E-state index in [1.54, 1.807) is 28.7 Å². The van der Waals surface area contributed by atoms with E-state index in [2.05, 4.69) is 15.2 Å². The Morgan fingerprint density at radius 1 is 1.17 bits per heavy atom. The fourth-order valence-electron chi connectivity index (χ4n) is 5.08. The van der Waals surface area contributed by atoms with Crippen LogP contribution in [0.2, 0.25) is 0 Å². The maximum atomic E-state index is 13.5. The molecule has 1 saturated heterocycles. The van der Waals surface area contributed by atoms with Crippen molar-refractivity contribution >= 4 is 23.1 Å². The molecule has 0 aliphatic carbocycles. The predicted octanol–water partition coefficient (Wildman–Crippen LogP) is 4.57. The number of fused-ring (bicyclic) bond motifs is 1. The van der Waals surface area contributed by atoms with Gasteiger partial charge in [-0.2, -0.15) is 0 Å². The number of carbonyl (C=O) groups is 1. The summed E-state index contributed by atoms with van der Waals surface area (Å²) in [5.41, 5.74) is 4.82. The van der Waals surface area contributed by atoms with Crippen molar-refractivity contribution in [1.82, 2.24) is 14.4 Å². The third-order valence-corrected chi connectivity index (χ3v) is 6.95. The van der Waals surface area contributed by atoms with Crippen LogP contribution in [0.1, 0.15) is 57.9 Å². The van der Waals surface area contributed by atoms with Crippen molar-refractivity contribution in [2.45, 2.75) is 39.2 Å². The fourth-order valence-corrected chi connectivity index (χ4v) is 5.08. The molecule has 8 heteroatoms. The average Bonchev–Trinajstić information content (AvgIpc) is 3.37. The summed E-state index contributed by atoms with van der Waals surface area (Å²) in [7, 11) is 0. The molecule has 0 spiro atoms. The van der Waals surface area contributed by atoms with Gasteiger partial charge in [0.25, 0.3) is 5.56 Å². The van der Waals surface area contributed by atoms with Gasteiger partial charge in [0, 0.05) is 48.8 Å². The second-order valence-corrected chi connectivity index (χ2v) is 9.46. The van der Waals surface area contributed by atoms with E-state index in [-0.39, 0.29) is 17.2 Å². The van der Waals surface area contributed by atoms with Crippen LogP contribution in [0.5, 0.6) is 0 Å². The van der Waals surface area contributed by atoms with Gasteiger partial charge in [-0.05, 0) is 68.7 Å². The molecule has 36 heavy (non-hydrogen) atoms. The maximum absolute atomic E-state index is 13.5. The lowest BCUT2D eigenvalue weighted by molar-refractivity contribution is 0.0698. The second kappa shape index (κ2) is 9.45. The van der Waals surface area contributed by atoms with Crippen molar-refractivity contribution in [3.63, 3.8) is 0 Å². The van der Waals surface area contributed by atoms with E-state index >= 15 is 0 Å². The fraction of sp³-hybridized carbons (Fsp3) is 0.286. The third-order valence-electron chi connectivity index (χ3n) is 6.95. The van der Waals surface area contributed by atoms with Gasteiger partial charge in [0.05, 0.1) is 17.2 Å². The summed E-state index contributed by atoms with van der Waals surface area (Å²) in [4.78, 5) is 36.5. The van der Waals surface area contributed by atoms with E-state index < -0.39 is 5.97 Å². The summed E-state index contributed by atoms with van der Waals surface area (Å²) in [5, 5.41) is 12.9.